The summed E-state index contributed by atoms with van der Waals surface area (Å²) in [6.45, 7) is 2.36. The van der Waals surface area contributed by atoms with Crippen molar-refractivity contribution in [2.75, 3.05) is 20.2 Å². The van der Waals surface area contributed by atoms with E-state index in [2.05, 4.69) is 9.88 Å². The number of benzene rings is 1. The van der Waals surface area contributed by atoms with Crippen LogP contribution < -0.4 is 4.74 Å². The van der Waals surface area contributed by atoms with Crippen LogP contribution in [0.5, 0.6) is 5.75 Å². The summed E-state index contributed by atoms with van der Waals surface area (Å²) in [5, 5.41) is 11.0. The Hall–Kier alpha value is -1.62. The summed E-state index contributed by atoms with van der Waals surface area (Å²) < 4.78 is 5.18. The molecular weight excluding hydrogens is 312 g/mol. The first kappa shape index (κ1) is 16.2. The maximum absolute atomic E-state index is 10.3. The van der Waals surface area contributed by atoms with Gasteiger partial charge in [0.15, 0.2) is 0 Å². The molecule has 0 aliphatic carbocycles. The maximum Gasteiger partial charge on any atom is 0.137 e. The second-order valence-corrected chi connectivity index (χ2v) is 6.46. The van der Waals surface area contributed by atoms with Crippen LogP contribution in [0.3, 0.4) is 0 Å². The molecular formula is C18H21ClN2O2. The smallest absolute Gasteiger partial charge is 0.137 e. The number of pyridine rings is 1. The molecule has 122 valence electrons. The van der Waals surface area contributed by atoms with Crippen LogP contribution in [0, 0.1) is 5.92 Å². The second-order valence-electron chi connectivity index (χ2n) is 6.05. The van der Waals surface area contributed by atoms with Gasteiger partial charge in [0.05, 0.1) is 18.2 Å². The Morgan fingerprint density at radius 2 is 2.00 bits per heavy atom. The van der Waals surface area contributed by atoms with Gasteiger partial charge in [-0.05, 0) is 41.8 Å². The summed E-state index contributed by atoms with van der Waals surface area (Å²) in [5.74, 6) is 0.943. The zero-order chi connectivity index (χ0) is 16.2. The normalized spacial score (nSPS) is 21.5. The standard InChI is InChI=1S/C18H21ClN2O2/c1-23-18-3-2-14(9-16(18)19)10-21-11-15(17(22)12-21)8-13-4-6-20-7-5-13/h2-7,9,15,17,22H,8,10-12H2,1H3/t15-,17-/m1/s1. The van der Waals surface area contributed by atoms with E-state index in [4.69, 9.17) is 16.3 Å². The highest BCUT2D eigenvalue weighted by Crippen LogP contribution is 2.27. The molecule has 1 fully saturated rings. The van der Waals surface area contributed by atoms with E-state index in [9.17, 15) is 5.11 Å². The van der Waals surface area contributed by atoms with Crippen LogP contribution >= 0.6 is 11.6 Å². The van der Waals surface area contributed by atoms with Crippen LogP contribution in [0.4, 0.5) is 0 Å². The molecule has 0 amide bonds. The number of rotatable bonds is 5. The average Bonchev–Trinajstić information content (AvgIpc) is 2.88. The molecule has 0 saturated carbocycles. The lowest BCUT2D eigenvalue weighted by Crippen LogP contribution is -2.21. The quantitative estimate of drug-likeness (QED) is 0.914. The molecule has 2 heterocycles. The lowest BCUT2D eigenvalue weighted by molar-refractivity contribution is 0.141. The maximum atomic E-state index is 10.3. The van der Waals surface area contributed by atoms with Gasteiger partial charge in [-0.25, -0.2) is 0 Å². The summed E-state index contributed by atoms with van der Waals surface area (Å²) in [7, 11) is 1.61. The number of hydrogen-bond acceptors (Lipinski definition) is 4. The summed E-state index contributed by atoms with van der Waals surface area (Å²) in [5.41, 5.74) is 2.35. The number of methoxy groups -OCH3 is 1. The van der Waals surface area contributed by atoms with Gasteiger partial charge in [-0.3, -0.25) is 9.88 Å². The van der Waals surface area contributed by atoms with Crippen molar-refractivity contribution in [3.8, 4) is 5.75 Å². The molecule has 3 rings (SSSR count). The minimum absolute atomic E-state index is 0.256. The van der Waals surface area contributed by atoms with E-state index in [1.165, 1.54) is 5.56 Å². The van der Waals surface area contributed by atoms with Gasteiger partial charge in [0.2, 0.25) is 0 Å². The van der Waals surface area contributed by atoms with Crippen LogP contribution in [-0.4, -0.2) is 41.3 Å². The molecule has 5 heteroatoms. The highest BCUT2D eigenvalue weighted by Gasteiger charge is 2.31. The van der Waals surface area contributed by atoms with Gasteiger partial charge < -0.3 is 9.84 Å². The molecule has 23 heavy (non-hydrogen) atoms. The van der Waals surface area contributed by atoms with Gasteiger partial charge in [0, 0.05) is 37.9 Å². The van der Waals surface area contributed by atoms with Crippen molar-refractivity contribution < 1.29 is 9.84 Å². The fourth-order valence-electron chi connectivity index (χ4n) is 3.16. The fourth-order valence-corrected chi connectivity index (χ4v) is 3.44. The number of hydrogen-bond donors (Lipinski definition) is 1. The van der Waals surface area contributed by atoms with Gasteiger partial charge in [-0.1, -0.05) is 17.7 Å². The van der Waals surface area contributed by atoms with Crippen molar-refractivity contribution in [1.29, 1.82) is 0 Å². The number of halogens is 1. The Morgan fingerprint density at radius 1 is 1.22 bits per heavy atom. The topological polar surface area (TPSA) is 45.6 Å². The van der Waals surface area contributed by atoms with Gasteiger partial charge in [-0.2, -0.15) is 0 Å². The van der Waals surface area contributed by atoms with E-state index in [0.29, 0.717) is 17.3 Å². The molecule has 0 unspecified atom stereocenters. The molecule has 2 aromatic rings. The summed E-state index contributed by atoms with van der Waals surface area (Å²) in [6.07, 6.45) is 4.18. The number of aliphatic hydroxyl groups excluding tert-OH is 1. The lowest BCUT2D eigenvalue weighted by atomic mass is 9.97. The lowest BCUT2D eigenvalue weighted by Gasteiger charge is -2.16. The molecule has 1 aromatic heterocycles. The molecule has 1 N–H and O–H groups in total. The Morgan fingerprint density at radius 3 is 2.70 bits per heavy atom. The molecule has 2 atom stereocenters. The second kappa shape index (κ2) is 7.30. The van der Waals surface area contributed by atoms with Crippen molar-refractivity contribution in [3.05, 3.63) is 58.9 Å². The summed E-state index contributed by atoms with van der Waals surface area (Å²) in [6, 6.07) is 9.87. The molecule has 0 bridgehead atoms. The molecule has 1 aliphatic rings. The van der Waals surface area contributed by atoms with Crippen LogP contribution in [0.1, 0.15) is 11.1 Å². The van der Waals surface area contributed by atoms with Gasteiger partial charge in [-0.15, -0.1) is 0 Å². The van der Waals surface area contributed by atoms with E-state index in [1.54, 1.807) is 19.5 Å². The molecule has 1 aliphatic heterocycles. The molecule has 1 saturated heterocycles. The molecule has 0 radical (unpaired) electrons. The minimum Gasteiger partial charge on any atom is -0.495 e. The van der Waals surface area contributed by atoms with E-state index in [-0.39, 0.29) is 12.0 Å². The Kier molecular flexibility index (Phi) is 5.16. The first-order chi connectivity index (χ1) is 11.2. The molecule has 4 nitrogen and oxygen atoms in total. The third kappa shape index (κ3) is 4.02. The average molecular weight is 333 g/mol. The van der Waals surface area contributed by atoms with Crippen LogP contribution in [0.2, 0.25) is 5.02 Å². The molecule has 1 aromatic carbocycles. The largest absolute Gasteiger partial charge is 0.495 e. The first-order valence-electron chi connectivity index (χ1n) is 7.77. The number of β-amino-alcohol motifs (C(OH)–C–C–N with tert-alkyl or cyclic N) is 1. The van der Waals surface area contributed by atoms with Gasteiger partial charge >= 0.3 is 0 Å². The zero-order valence-corrected chi connectivity index (χ0v) is 13.9. The number of ether oxygens (including phenoxy) is 1. The van der Waals surface area contributed by atoms with Crippen molar-refractivity contribution in [2.45, 2.75) is 19.1 Å². The highest BCUT2D eigenvalue weighted by atomic mass is 35.5. The minimum atomic E-state index is -0.295. The van der Waals surface area contributed by atoms with Gasteiger partial charge in [0.1, 0.15) is 5.75 Å². The van der Waals surface area contributed by atoms with Crippen LogP contribution in [-0.2, 0) is 13.0 Å². The Labute approximate surface area is 141 Å². The predicted octanol–water partition coefficient (Wildman–Crippen LogP) is 2.78. The third-order valence-corrected chi connectivity index (χ3v) is 4.65. The monoisotopic (exact) mass is 332 g/mol. The van der Waals surface area contributed by atoms with Crippen molar-refractivity contribution >= 4 is 11.6 Å². The highest BCUT2D eigenvalue weighted by molar-refractivity contribution is 6.32. The van der Waals surface area contributed by atoms with Crippen molar-refractivity contribution in [1.82, 2.24) is 9.88 Å². The zero-order valence-electron chi connectivity index (χ0n) is 13.2. The summed E-state index contributed by atoms with van der Waals surface area (Å²) in [4.78, 5) is 6.31. The number of nitrogens with zero attached hydrogens (tertiary/aromatic N) is 2. The molecule has 0 spiro atoms. The Bertz CT molecular complexity index is 651. The first-order valence-corrected chi connectivity index (χ1v) is 8.15. The van der Waals surface area contributed by atoms with Crippen molar-refractivity contribution in [3.63, 3.8) is 0 Å². The third-order valence-electron chi connectivity index (χ3n) is 4.35. The predicted molar refractivity (Wildman–Crippen MR) is 90.7 cm³/mol. The van der Waals surface area contributed by atoms with E-state index >= 15 is 0 Å². The SMILES string of the molecule is COc1ccc(CN2C[C@@H](Cc3ccncc3)[C@H](O)C2)cc1Cl. The van der Waals surface area contributed by atoms with Gasteiger partial charge in [0.25, 0.3) is 0 Å². The summed E-state index contributed by atoms with van der Waals surface area (Å²) >= 11 is 6.18. The number of aromatic nitrogens is 1. The van der Waals surface area contributed by atoms with E-state index in [1.807, 2.05) is 30.3 Å². The van der Waals surface area contributed by atoms with E-state index < -0.39 is 0 Å². The number of likely N-dealkylation sites (tertiary alicyclic amines) is 1. The Balaban J connectivity index is 1.61. The van der Waals surface area contributed by atoms with E-state index in [0.717, 1.165) is 25.1 Å². The van der Waals surface area contributed by atoms with Crippen LogP contribution in [0.25, 0.3) is 0 Å². The van der Waals surface area contributed by atoms with Crippen molar-refractivity contribution in [2.24, 2.45) is 5.92 Å². The fraction of sp³-hybridized carbons (Fsp3) is 0.389. The van der Waals surface area contributed by atoms with Crippen LogP contribution in [0.15, 0.2) is 42.7 Å². The number of aliphatic hydroxyl groups is 1.